The molecular formula is C14H14N2O3. The molecule has 1 aromatic heterocycles. The topological polar surface area (TPSA) is 62.7 Å². The van der Waals surface area contributed by atoms with Crippen LogP contribution in [0.25, 0.3) is 10.9 Å². The lowest BCUT2D eigenvalue weighted by atomic mass is 9.99. The van der Waals surface area contributed by atoms with Gasteiger partial charge >= 0.3 is 0 Å². The molecule has 0 aliphatic carbocycles. The Labute approximate surface area is 110 Å². The molecule has 1 amide bonds. The molecule has 0 fully saturated rings. The van der Waals surface area contributed by atoms with Crippen molar-refractivity contribution in [3.8, 4) is 11.5 Å². The highest BCUT2D eigenvalue weighted by atomic mass is 16.5. The Kier molecular flexibility index (Phi) is 2.38. The van der Waals surface area contributed by atoms with E-state index < -0.39 is 0 Å². The monoisotopic (exact) mass is 258 g/mol. The lowest BCUT2D eigenvalue weighted by Gasteiger charge is -2.17. The summed E-state index contributed by atoms with van der Waals surface area (Å²) in [4.78, 5) is 18.0. The quantitative estimate of drug-likeness (QED) is 0.850. The van der Waals surface area contributed by atoms with Crippen LogP contribution in [0.5, 0.6) is 11.5 Å². The van der Waals surface area contributed by atoms with Crippen molar-refractivity contribution in [3.05, 3.63) is 29.5 Å². The molecule has 19 heavy (non-hydrogen) atoms. The molecular weight excluding hydrogens is 244 g/mol. The fraction of sp³-hybridized carbons (Fsp3) is 0.286. The van der Waals surface area contributed by atoms with Crippen molar-refractivity contribution < 1.29 is 14.6 Å². The first kappa shape index (κ1) is 11.8. The van der Waals surface area contributed by atoms with Gasteiger partial charge in [0, 0.05) is 24.2 Å². The number of rotatable bonds is 1. The molecule has 1 aliphatic heterocycles. The third kappa shape index (κ3) is 1.35. The van der Waals surface area contributed by atoms with Crippen molar-refractivity contribution in [3.63, 3.8) is 0 Å². The van der Waals surface area contributed by atoms with Crippen molar-refractivity contribution in [1.82, 2.24) is 9.88 Å². The first-order chi connectivity index (χ1) is 9.07. The Morgan fingerprint density at radius 1 is 1.47 bits per heavy atom. The zero-order chi connectivity index (χ0) is 13.7. The van der Waals surface area contributed by atoms with Crippen LogP contribution in [-0.2, 0) is 0 Å². The van der Waals surface area contributed by atoms with Crippen molar-refractivity contribution in [2.24, 2.45) is 0 Å². The molecule has 0 bridgehead atoms. The third-order valence-corrected chi connectivity index (χ3v) is 3.76. The third-order valence-electron chi connectivity index (χ3n) is 3.76. The molecule has 2 heterocycles. The Hall–Kier alpha value is -2.30. The zero-order valence-electron chi connectivity index (χ0n) is 11.0. The maximum atomic E-state index is 12.2. The van der Waals surface area contributed by atoms with E-state index in [4.69, 9.17) is 4.74 Å². The smallest absolute Gasteiger partial charge is 0.258 e. The second-order valence-electron chi connectivity index (χ2n) is 4.66. The number of ether oxygens (including phenoxy) is 1. The van der Waals surface area contributed by atoms with Gasteiger partial charge < -0.3 is 14.7 Å². The number of hydrogen-bond acceptors (Lipinski definition) is 4. The highest BCUT2D eigenvalue weighted by molar-refractivity contribution is 6.09. The SMILES string of the molecule is COc1c2c(c(O)c3ncccc13)C(=O)N(C)C2C. The first-order valence-corrected chi connectivity index (χ1v) is 6.02. The second kappa shape index (κ2) is 3.85. The highest BCUT2D eigenvalue weighted by Gasteiger charge is 2.38. The number of nitrogens with zero attached hydrogens (tertiary/aromatic N) is 2. The summed E-state index contributed by atoms with van der Waals surface area (Å²) in [6.07, 6.45) is 1.58. The van der Waals surface area contributed by atoms with Crippen LogP contribution >= 0.6 is 0 Å². The van der Waals surface area contributed by atoms with E-state index in [2.05, 4.69) is 4.98 Å². The van der Waals surface area contributed by atoms with E-state index in [1.54, 1.807) is 31.3 Å². The summed E-state index contributed by atoms with van der Waals surface area (Å²) < 4.78 is 5.46. The summed E-state index contributed by atoms with van der Waals surface area (Å²) in [5.41, 5.74) is 1.43. The van der Waals surface area contributed by atoms with Crippen LogP contribution in [0.4, 0.5) is 0 Å². The van der Waals surface area contributed by atoms with Gasteiger partial charge in [0.15, 0.2) is 5.75 Å². The van der Waals surface area contributed by atoms with Crippen LogP contribution in [0.3, 0.4) is 0 Å². The summed E-state index contributed by atoms with van der Waals surface area (Å²) in [6.45, 7) is 1.91. The number of phenolic OH excluding ortho intramolecular Hbond substituents is 1. The normalized spacial score (nSPS) is 17.9. The van der Waals surface area contributed by atoms with Gasteiger partial charge in [0.2, 0.25) is 0 Å². The number of carbonyl (C=O) groups is 1. The molecule has 3 rings (SSSR count). The van der Waals surface area contributed by atoms with Gasteiger partial charge in [0.05, 0.1) is 18.7 Å². The Bertz CT molecular complexity index is 697. The minimum absolute atomic E-state index is 0.0624. The number of fused-ring (bicyclic) bond motifs is 2. The summed E-state index contributed by atoms with van der Waals surface area (Å²) in [5.74, 6) is 0.347. The number of benzene rings is 1. The number of pyridine rings is 1. The van der Waals surface area contributed by atoms with E-state index in [0.717, 1.165) is 10.9 Å². The molecule has 1 unspecified atom stereocenters. The molecule has 0 saturated carbocycles. The lowest BCUT2D eigenvalue weighted by Crippen LogP contribution is -2.21. The fourth-order valence-corrected chi connectivity index (χ4v) is 2.66. The van der Waals surface area contributed by atoms with Gasteiger partial charge in [-0.05, 0) is 19.1 Å². The highest BCUT2D eigenvalue weighted by Crippen LogP contribution is 2.47. The van der Waals surface area contributed by atoms with Crippen molar-refractivity contribution in [1.29, 1.82) is 0 Å². The molecule has 1 N–H and O–H groups in total. The van der Waals surface area contributed by atoms with Gasteiger partial charge in [-0.1, -0.05) is 0 Å². The van der Waals surface area contributed by atoms with Gasteiger partial charge in [-0.3, -0.25) is 9.78 Å². The predicted molar refractivity (Wildman–Crippen MR) is 70.5 cm³/mol. The summed E-state index contributed by atoms with van der Waals surface area (Å²) >= 11 is 0. The summed E-state index contributed by atoms with van der Waals surface area (Å²) in [5, 5.41) is 11.0. The Morgan fingerprint density at radius 2 is 2.21 bits per heavy atom. The van der Waals surface area contributed by atoms with E-state index in [1.807, 2.05) is 13.0 Å². The Balaban J connectivity index is 2.51. The van der Waals surface area contributed by atoms with Gasteiger partial charge in [0.1, 0.15) is 11.3 Å². The largest absolute Gasteiger partial charge is 0.505 e. The average molecular weight is 258 g/mol. The summed E-state index contributed by atoms with van der Waals surface area (Å²) in [7, 11) is 3.28. The second-order valence-corrected chi connectivity index (χ2v) is 4.66. The van der Waals surface area contributed by atoms with Crippen molar-refractivity contribution in [2.75, 3.05) is 14.2 Å². The Morgan fingerprint density at radius 3 is 2.89 bits per heavy atom. The molecule has 0 spiro atoms. The summed E-state index contributed by atoms with van der Waals surface area (Å²) in [6, 6.07) is 3.48. The van der Waals surface area contributed by atoms with Crippen molar-refractivity contribution >= 4 is 16.8 Å². The molecule has 5 nitrogen and oxygen atoms in total. The van der Waals surface area contributed by atoms with Crippen LogP contribution in [0.1, 0.15) is 28.9 Å². The molecule has 1 aromatic carbocycles. The van der Waals surface area contributed by atoms with Gasteiger partial charge in [-0.15, -0.1) is 0 Å². The minimum atomic E-state index is -0.203. The van der Waals surface area contributed by atoms with Crippen LogP contribution in [0, 0.1) is 0 Å². The van der Waals surface area contributed by atoms with Crippen LogP contribution in [0.2, 0.25) is 0 Å². The van der Waals surface area contributed by atoms with Crippen LogP contribution in [0.15, 0.2) is 18.3 Å². The number of aromatic hydroxyl groups is 1. The van der Waals surface area contributed by atoms with E-state index in [0.29, 0.717) is 16.8 Å². The maximum absolute atomic E-state index is 12.2. The molecule has 2 aromatic rings. The van der Waals surface area contributed by atoms with Crippen molar-refractivity contribution in [2.45, 2.75) is 13.0 Å². The molecule has 1 atom stereocenters. The van der Waals surface area contributed by atoms with E-state index in [9.17, 15) is 9.90 Å². The van der Waals surface area contributed by atoms with E-state index in [1.165, 1.54) is 0 Å². The minimum Gasteiger partial charge on any atom is -0.505 e. The number of phenols is 1. The van der Waals surface area contributed by atoms with Gasteiger partial charge in [-0.25, -0.2) is 0 Å². The molecule has 5 heteroatoms. The number of aromatic nitrogens is 1. The van der Waals surface area contributed by atoms with Gasteiger partial charge in [0.25, 0.3) is 5.91 Å². The molecule has 1 aliphatic rings. The lowest BCUT2D eigenvalue weighted by molar-refractivity contribution is 0.0782. The first-order valence-electron chi connectivity index (χ1n) is 6.02. The molecule has 0 radical (unpaired) electrons. The number of methoxy groups -OCH3 is 1. The van der Waals surface area contributed by atoms with E-state index >= 15 is 0 Å². The average Bonchev–Trinajstić information content (AvgIpc) is 2.65. The standard InChI is InChI=1S/C14H14N2O3/c1-7-9-10(14(18)16(7)2)12(17)11-8(13(9)19-3)5-4-6-15-11/h4-7,17H,1-3H3. The zero-order valence-corrected chi connectivity index (χ0v) is 11.0. The number of hydrogen-bond donors (Lipinski definition) is 1. The van der Waals surface area contributed by atoms with E-state index in [-0.39, 0.29) is 17.7 Å². The fourth-order valence-electron chi connectivity index (χ4n) is 2.66. The number of amides is 1. The van der Waals surface area contributed by atoms with Crippen LogP contribution in [-0.4, -0.2) is 35.1 Å². The molecule has 98 valence electrons. The van der Waals surface area contributed by atoms with Gasteiger partial charge in [-0.2, -0.15) is 0 Å². The van der Waals surface area contributed by atoms with Crippen LogP contribution < -0.4 is 4.74 Å². The number of carbonyl (C=O) groups excluding carboxylic acids is 1. The molecule has 0 saturated heterocycles. The maximum Gasteiger partial charge on any atom is 0.258 e. The predicted octanol–water partition coefficient (Wildman–Crippen LogP) is 2.10.